The first-order valence-electron chi connectivity index (χ1n) is 17.4. The second kappa shape index (κ2) is 22.2. The van der Waals surface area contributed by atoms with E-state index in [0.29, 0.717) is 48.7 Å². The number of alkyl halides is 1. The molecule has 0 bridgehead atoms. The van der Waals surface area contributed by atoms with Crippen molar-refractivity contribution in [2.75, 3.05) is 32.1 Å². The molecule has 0 spiro atoms. The quantitative estimate of drug-likeness (QED) is 0.0416. The zero-order chi connectivity index (χ0) is 37.9. The number of anilines is 2. The standard InChI is InChI=1S/C33H46ClN9O3.C2H6.CH2O2/c1-5-21-18-22(9-10-24(21)32(44)39-14-15-40-33(45)26(36)8-7-13-37-20(3)35)42-30-31-41-19-27(43(31)17-16-38-30)25-11-12-28(46-4)23(6-2)29(25)34;1-2;2-1-3/h9-10,12,16-19,23,25-26,29H,5-8,11,13-15,36H2,1-4H3,(H2,35,37)(H,38,42)(H,39,44)(H,40,45);1-2H3;1H,(H,2,3)/t23?,25?,26-,29?;;/m0../s1. The van der Waals surface area contributed by atoms with Gasteiger partial charge in [-0.25, -0.2) is 9.97 Å². The molecule has 2 heterocycles. The second-order valence-corrected chi connectivity index (χ2v) is 12.0. The van der Waals surface area contributed by atoms with E-state index in [1.54, 1.807) is 26.3 Å². The van der Waals surface area contributed by atoms with Crippen molar-refractivity contribution < 1.29 is 24.2 Å². The molecule has 3 unspecified atom stereocenters. The highest BCUT2D eigenvalue weighted by atomic mass is 35.5. The zero-order valence-corrected chi connectivity index (χ0v) is 31.2. The van der Waals surface area contributed by atoms with Crippen molar-refractivity contribution in [3.63, 3.8) is 0 Å². The van der Waals surface area contributed by atoms with E-state index in [1.807, 2.05) is 49.7 Å². The van der Waals surface area contributed by atoms with Gasteiger partial charge in [-0.15, -0.1) is 11.6 Å². The first kappa shape index (κ1) is 42.5. The number of ether oxygens (including phenoxy) is 1. The molecule has 2 amide bonds. The van der Waals surface area contributed by atoms with E-state index >= 15 is 0 Å². The largest absolute Gasteiger partial charge is 0.501 e. The molecule has 1 aliphatic rings. The molecule has 1 aromatic carbocycles. The van der Waals surface area contributed by atoms with Crippen LogP contribution in [0, 0.1) is 5.92 Å². The highest BCUT2D eigenvalue weighted by Crippen LogP contribution is 2.41. The van der Waals surface area contributed by atoms with Gasteiger partial charge < -0.3 is 37.3 Å². The average molecular weight is 728 g/mol. The molecule has 51 heavy (non-hydrogen) atoms. The van der Waals surface area contributed by atoms with E-state index in [0.717, 1.165) is 35.5 Å². The molecule has 14 nitrogen and oxygen atoms in total. The number of carbonyl (C=O) groups excluding carboxylic acids is 2. The van der Waals surface area contributed by atoms with Gasteiger partial charge in [-0.05, 0) is 68.9 Å². The van der Waals surface area contributed by atoms with Crippen LogP contribution in [0.25, 0.3) is 5.65 Å². The van der Waals surface area contributed by atoms with Crippen LogP contribution in [0.1, 0.15) is 87.8 Å². The number of carbonyl (C=O) groups is 3. The van der Waals surface area contributed by atoms with Gasteiger partial charge in [-0.1, -0.05) is 27.7 Å². The molecular formula is C36H54ClN9O5. The third kappa shape index (κ3) is 12.0. The van der Waals surface area contributed by atoms with Crippen LogP contribution in [0.2, 0.25) is 0 Å². The maximum Gasteiger partial charge on any atom is 0.290 e. The van der Waals surface area contributed by atoms with Crippen molar-refractivity contribution in [2.24, 2.45) is 22.4 Å². The third-order valence-electron chi connectivity index (χ3n) is 8.29. The van der Waals surface area contributed by atoms with Crippen molar-refractivity contribution >= 4 is 52.9 Å². The number of imidazole rings is 1. The Morgan fingerprint density at radius 3 is 2.57 bits per heavy atom. The molecule has 8 N–H and O–H groups in total. The van der Waals surface area contributed by atoms with E-state index in [9.17, 15) is 9.59 Å². The van der Waals surface area contributed by atoms with Crippen molar-refractivity contribution in [3.05, 3.63) is 65.4 Å². The van der Waals surface area contributed by atoms with Gasteiger partial charge in [0.25, 0.3) is 12.4 Å². The summed E-state index contributed by atoms with van der Waals surface area (Å²) >= 11 is 7.00. The number of fused-ring (bicyclic) bond motifs is 1. The van der Waals surface area contributed by atoms with Gasteiger partial charge >= 0.3 is 0 Å². The lowest BCUT2D eigenvalue weighted by atomic mass is 9.81. The molecule has 280 valence electrons. The Morgan fingerprint density at radius 2 is 1.92 bits per heavy atom. The van der Waals surface area contributed by atoms with Crippen LogP contribution < -0.4 is 27.4 Å². The number of benzene rings is 1. The summed E-state index contributed by atoms with van der Waals surface area (Å²) in [4.78, 5) is 47.0. The fourth-order valence-corrected chi connectivity index (χ4v) is 6.35. The number of rotatable bonds is 15. The average Bonchev–Trinajstić information content (AvgIpc) is 3.57. The number of nitrogens with one attached hydrogen (secondary N) is 3. The van der Waals surface area contributed by atoms with E-state index in [4.69, 9.17) is 42.7 Å². The maximum absolute atomic E-state index is 13.0. The van der Waals surface area contributed by atoms with Gasteiger partial charge in [0.2, 0.25) is 5.91 Å². The number of allylic oxidation sites excluding steroid dienone is 2. The van der Waals surface area contributed by atoms with Crippen LogP contribution in [0.5, 0.6) is 0 Å². The minimum Gasteiger partial charge on any atom is -0.501 e. The predicted molar refractivity (Wildman–Crippen MR) is 203 cm³/mol. The molecule has 2 aromatic heterocycles. The van der Waals surface area contributed by atoms with Crippen molar-refractivity contribution in [1.29, 1.82) is 0 Å². The fraction of sp³-hybridized carbons (Fsp3) is 0.500. The van der Waals surface area contributed by atoms with Crippen LogP contribution >= 0.6 is 11.6 Å². The minimum atomic E-state index is -0.635. The van der Waals surface area contributed by atoms with Crippen LogP contribution in [-0.2, 0) is 20.7 Å². The summed E-state index contributed by atoms with van der Waals surface area (Å²) in [6.07, 6.45) is 11.1. The number of carboxylic acid groups (broad SMARTS) is 1. The second-order valence-electron chi connectivity index (χ2n) is 11.5. The Morgan fingerprint density at radius 1 is 1.22 bits per heavy atom. The van der Waals surface area contributed by atoms with E-state index in [-0.39, 0.29) is 48.6 Å². The molecule has 0 saturated heterocycles. The van der Waals surface area contributed by atoms with E-state index in [2.05, 4.69) is 38.9 Å². The Hall–Kier alpha value is -4.69. The number of amidine groups is 1. The number of methoxy groups -OCH3 is 1. The number of aryl methyl sites for hydroxylation is 1. The Bertz CT molecular complexity index is 1620. The molecule has 4 rings (SSSR count). The molecule has 4 atom stereocenters. The summed E-state index contributed by atoms with van der Waals surface area (Å²) in [5.41, 5.74) is 15.4. The molecule has 1 aliphatic carbocycles. The number of hydrogen-bond acceptors (Lipinski definition) is 9. The summed E-state index contributed by atoms with van der Waals surface area (Å²) in [7, 11) is 1.70. The first-order chi connectivity index (χ1) is 24.6. The summed E-state index contributed by atoms with van der Waals surface area (Å²) in [5, 5.41) is 15.8. The monoisotopic (exact) mass is 727 g/mol. The molecule has 0 radical (unpaired) electrons. The first-order valence-corrected chi connectivity index (χ1v) is 17.8. The zero-order valence-electron chi connectivity index (χ0n) is 30.5. The lowest BCUT2D eigenvalue weighted by molar-refractivity contribution is -0.123. The maximum atomic E-state index is 13.0. The Labute approximate surface area is 305 Å². The van der Waals surface area contributed by atoms with Gasteiger partial charge in [0.05, 0.1) is 30.1 Å². The van der Waals surface area contributed by atoms with Gasteiger partial charge in [0, 0.05) is 67.0 Å². The van der Waals surface area contributed by atoms with Gasteiger partial charge in [0.15, 0.2) is 11.5 Å². The highest BCUT2D eigenvalue weighted by Gasteiger charge is 2.36. The Balaban J connectivity index is 0.00000171. The molecule has 0 saturated carbocycles. The predicted octanol–water partition coefficient (Wildman–Crippen LogP) is 4.74. The molecular weight excluding hydrogens is 674 g/mol. The number of aromatic nitrogens is 3. The van der Waals surface area contributed by atoms with Crippen LogP contribution in [0.3, 0.4) is 0 Å². The Kier molecular flexibility index (Phi) is 18.5. The number of hydrogen-bond donors (Lipinski definition) is 6. The lowest BCUT2D eigenvalue weighted by Crippen LogP contribution is -2.43. The lowest BCUT2D eigenvalue weighted by Gasteiger charge is -2.33. The van der Waals surface area contributed by atoms with Crippen molar-refractivity contribution in [1.82, 2.24) is 25.0 Å². The number of halogens is 1. The number of nitrogens with zero attached hydrogens (tertiary/aromatic N) is 4. The summed E-state index contributed by atoms with van der Waals surface area (Å²) < 4.78 is 7.63. The molecule has 3 aromatic rings. The van der Waals surface area contributed by atoms with Gasteiger partial charge in [0.1, 0.15) is 0 Å². The summed E-state index contributed by atoms with van der Waals surface area (Å²) in [5.74, 6) is 1.80. The number of aliphatic imine (C=N–C) groups is 1. The summed E-state index contributed by atoms with van der Waals surface area (Å²) in [6.45, 7) is 10.7. The van der Waals surface area contributed by atoms with Gasteiger partial charge in [-0.2, -0.15) is 0 Å². The van der Waals surface area contributed by atoms with Crippen LogP contribution in [0.15, 0.2) is 53.6 Å². The molecule has 0 aliphatic heterocycles. The smallest absolute Gasteiger partial charge is 0.290 e. The topological polar surface area (TPSA) is 211 Å². The fourth-order valence-electron chi connectivity index (χ4n) is 5.82. The van der Waals surface area contributed by atoms with Crippen molar-refractivity contribution in [2.45, 2.75) is 84.1 Å². The summed E-state index contributed by atoms with van der Waals surface area (Å²) in [6, 6.07) is 4.95. The van der Waals surface area contributed by atoms with Gasteiger partial charge in [-0.3, -0.25) is 23.8 Å². The number of nitrogens with two attached hydrogens (primary N) is 2. The highest BCUT2D eigenvalue weighted by molar-refractivity contribution is 6.21. The number of amides is 2. The molecule has 0 fully saturated rings. The SMILES string of the molecule is CC.CCc1cc(Nc2nccn3c(C4CC=C(OC)C(CC)C4Cl)cnc23)ccc1C(=O)NCCNC(=O)[C@@H](N)CCCN=C(C)N.O=CO. The molecule has 15 heteroatoms. The van der Waals surface area contributed by atoms with Crippen molar-refractivity contribution in [3.8, 4) is 0 Å². The third-order valence-corrected chi connectivity index (χ3v) is 8.90. The van der Waals surface area contributed by atoms with E-state index in [1.165, 1.54) is 0 Å². The minimum absolute atomic E-state index is 0.0800. The van der Waals surface area contributed by atoms with Crippen LogP contribution in [0.4, 0.5) is 11.5 Å². The normalized spacial score (nSPS) is 17.5. The van der Waals surface area contributed by atoms with E-state index < -0.39 is 6.04 Å². The van der Waals surface area contributed by atoms with Crippen LogP contribution in [-0.4, -0.2) is 81.8 Å².